The first-order valence-corrected chi connectivity index (χ1v) is 11.0. The van der Waals surface area contributed by atoms with Crippen molar-refractivity contribution in [2.45, 2.75) is 4.90 Å². The molecule has 2 aromatic carbocycles. The summed E-state index contributed by atoms with van der Waals surface area (Å²) in [4.78, 5) is 32.5. The summed E-state index contributed by atoms with van der Waals surface area (Å²) >= 11 is 11.6. The first kappa shape index (κ1) is 24.6. The van der Waals surface area contributed by atoms with Gasteiger partial charge in [0.2, 0.25) is 10.0 Å². The maximum Gasteiger partial charge on any atom is 0.414 e. The molecule has 1 aliphatic heterocycles. The Bertz CT molecular complexity index is 1040. The van der Waals surface area contributed by atoms with Crippen LogP contribution in [-0.4, -0.2) is 71.9 Å². The molecule has 9 nitrogen and oxygen atoms in total. The number of carboxylic acid groups (broad SMARTS) is 2. The van der Waals surface area contributed by atoms with Crippen LogP contribution >= 0.6 is 23.2 Å². The minimum Gasteiger partial charge on any atom is -0.473 e. The SMILES string of the molecule is O=C(O)C(=O)O.O=C(c1ccc(Cl)cc1)N1CCN(S(=O)(=O)c2ccc(Cl)cc2)CC1. The molecule has 1 aliphatic rings. The fourth-order valence-corrected chi connectivity index (χ4v) is 4.34. The van der Waals surface area contributed by atoms with Gasteiger partial charge < -0.3 is 15.1 Å². The molecular weight excluding hydrogens is 471 g/mol. The number of piperazine rings is 1. The van der Waals surface area contributed by atoms with Gasteiger partial charge in [-0.25, -0.2) is 18.0 Å². The summed E-state index contributed by atoms with van der Waals surface area (Å²) in [6.07, 6.45) is 0. The molecule has 0 aliphatic carbocycles. The van der Waals surface area contributed by atoms with E-state index in [4.69, 9.17) is 43.0 Å². The van der Waals surface area contributed by atoms with Crippen LogP contribution in [0.15, 0.2) is 53.4 Å². The highest BCUT2D eigenvalue weighted by Gasteiger charge is 2.30. The molecule has 1 amide bonds. The third-order valence-electron chi connectivity index (χ3n) is 4.25. The molecule has 0 spiro atoms. The van der Waals surface area contributed by atoms with Crippen LogP contribution in [0.4, 0.5) is 0 Å². The summed E-state index contributed by atoms with van der Waals surface area (Å²) < 4.78 is 26.7. The summed E-state index contributed by atoms with van der Waals surface area (Å²) in [5, 5.41) is 15.8. The van der Waals surface area contributed by atoms with Crippen LogP contribution in [0.3, 0.4) is 0 Å². The monoisotopic (exact) mass is 488 g/mol. The van der Waals surface area contributed by atoms with Crippen molar-refractivity contribution >= 4 is 51.1 Å². The second kappa shape index (κ2) is 10.6. The number of carboxylic acids is 2. The second-order valence-corrected chi connectivity index (χ2v) is 9.08. The smallest absolute Gasteiger partial charge is 0.414 e. The fraction of sp³-hybridized carbons (Fsp3) is 0.211. The van der Waals surface area contributed by atoms with Crippen molar-refractivity contribution in [1.82, 2.24) is 9.21 Å². The average molecular weight is 489 g/mol. The summed E-state index contributed by atoms with van der Waals surface area (Å²) in [6.45, 7) is 1.19. The van der Waals surface area contributed by atoms with Gasteiger partial charge in [0.15, 0.2) is 0 Å². The molecule has 2 aromatic rings. The summed E-state index contributed by atoms with van der Waals surface area (Å²) in [5.74, 6) is -3.77. The minimum absolute atomic E-state index is 0.125. The zero-order chi connectivity index (χ0) is 23.2. The van der Waals surface area contributed by atoms with E-state index in [1.54, 1.807) is 41.3 Å². The Hall–Kier alpha value is -2.66. The van der Waals surface area contributed by atoms with Gasteiger partial charge in [-0.1, -0.05) is 23.2 Å². The number of rotatable bonds is 3. The summed E-state index contributed by atoms with van der Waals surface area (Å²) in [5.41, 5.74) is 0.540. The highest BCUT2D eigenvalue weighted by atomic mass is 35.5. The summed E-state index contributed by atoms with van der Waals surface area (Å²) in [7, 11) is -3.58. The van der Waals surface area contributed by atoms with Crippen LogP contribution in [0.5, 0.6) is 0 Å². The molecule has 0 unspecified atom stereocenters. The van der Waals surface area contributed by atoms with Gasteiger partial charge in [-0.15, -0.1) is 0 Å². The lowest BCUT2D eigenvalue weighted by molar-refractivity contribution is -0.159. The van der Waals surface area contributed by atoms with E-state index >= 15 is 0 Å². The lowest BCUT2D eigenvalue weighted by Gasteiger charge is -2.34. The number of carbonyl (C=O) groups is 3. The van der Waals surface area contributed by atoms with Gasteiger partial charge in [0.25, 0.3) is 5.91 Å². The molecule has 2 N–H and O–H groups in total. The third kappa shape index (κ3) is 6.66. The number of amides is 1. The first-order valence-electron chi connectivity index (χ1n) is 8.79. The van der Waals surface area contributed by atoms with Crippen molar-refractivity contribution in [2.75, 3.05) is 26.2 Å². The molecule has 0 atom stereocenters. The predicted octanol–water partition coefficient (Wildman–Crippen LogP) is 2.30. The van der Waals surface area contributed by atoms with Crippen LogP contribution in [0.25, 0.3) is 0 Å². The van der Waals surface area contributed by atoms with Crippen LogP contribution in [0, 0.1) is 0 Å². The van der Waals surface area contributed by atoms with E-state index < -0.39 is 22.0 Å². The highest BCUT2D eigenvalue weighted by molar-refractivity contribution is 7.89. The van der Waals surface area contributed by atoms with Gasteiger partial charge in [-0.05, 0) is 48.5 Å². The normalized spacial score (nSPS) is 14.3. The minimum atomic E-state index is -3.58. The van der Waals surface area contributed by atoms with Gasteiger partial charge >= 0.3 is 11.9 Å². The van der Waals surface area contributed by atoms with E-state index in [1.165, 1.54) is 16.4 Å². The van der Waals surface area contributed by atoms with Crippen molar-refractivity contribution < 1.29 is 33.0 Å². The van der Waals surface area contributed by atoms with Gasteiger partial charge in [0.1, 0.15) is 0 Å². The van der Waals surface area contributed by atoms with Crippen molar-refractivity contribution in [2.24, 2.45) is 0 Å². The maximum absolute atomic E-state index is 12.6. The fourth-order valence-electron chi connectivity index (χ4n) is 2.66. The van der Waals surface area contributed by atoms with E-state index in [2.05, 4.69) is 0 Å². The lowest BCUT2D eigenvalue weighted by Crippen LogP contribution is -2.50. The zero-order valence-electron chi connectivity index (χ0n) is 15.9. The molecule has 3 rings (SSSR count). The largest absolute Gasteiger partial charge is 0.473 e. The van der Waals surface area contributed by atoms with Crippen molar-refractivity contribution in [3.63, 3.8) is 0 Å². The maximum atomic E-state index is 12.6. The predicted molar refractivity (Wildman–Crippen MR) is 113 cm³/mol. The summed E-state index contributed by atoms with van der Waals surface area (Å²) in [6, 6.07) is 12.7. The number of hydrogen-bond donors (Lipinski definition) is 2. The van der Waals surface area contributed by atoms with E-state index in [1.807, 2.05) is 0 Å². The number of halogens is 2. The molecule has 31 heavy (non-hydrogen) atoms. The molecule has 1 saturated heterocycles. The van der Waals surface area contributed by atoms with Gasteiger partial charge in [-0.2, -0.15) is 4.31 Å². The van der Waals surface area contributed by atoms with Gasteiger partial charge in [0.05, 0.1) is 4.90 Å². The van der Waals surface area contributed by atoms with Crippen molar-refractivity contribution in [1.29, 1.82) is 0 Å². The highest BCUT2D eigenvalue weighted by Crippen LogP contribution is 2.20. The molecule has 0 bridgehead atoms. The average Bonchev–Trinajstić information content (AvgIpc) is 2.74. The molecule has 1 fully saturated rings. The second-order valence-electron chi connectivity index (χ2n) is 6.27. The van der Waals surface area contributed by atoms with Gasteiger partial charge in [0, 0.05) is 41.8 Å². The Labute approximate surface area is 188 Å². The number of aliphatic carboxylic acids is 2. The van der Waals surface area contributed by atoms with E-state index in [0.717, 1.165) is 0 Å². The Kier molecular flexibility index (Phi) is 8.40. The van der Waals surface area contributed by atoms with E-state index in [9.17, 15) is 13.2 Å². The number of hydrogen-bond acceptors (Lipinski definition) is 5. The number of carbonyl (C=O) groups excluding carboxylic acids is 1. The van der Waals surface area contributed by atoms with Crippen LogP contribution < -0.4 is 0 Å². The third-order valence-corrected chi connectivity index (χ3v) is 6.67. The zero-order valence-corrected chi connectivity index (χ0v) is 18.3. The topological polar surface area (TPSA) is 132 Å². The quantitative estimate of drug-likeness (QED) is 0.633. The molecule has 12 heteroatoms. The molecule has 1 heterocycles. The van der Waals surface area contributed by atoms with Gasteiger partial charge in [-0.3, -0.25) is 4.79 Å². The first-order chi connectivity index (χ1) is 14.5. The standard InChI is InChI=1S/C17H16Cl2N2O3S.C2H2O4/c18-14-3-1-13(2-4-14)17(22)20-9-11-21(12-10-20)25(23,24)16-7-5-15(19)6-8-16;3-1(4)2(5)6/h1-8H,9-12H2;(H,3,4)(H,5,6). The van der Waals surface area contributed by atoms with E-state index in [-0.39, 0.29) is 23.9 Å². The van der Waals surface area contributed by atoms with E-state index in [0.29, 0.717) is 28.7 Å². The number of sulfonamides is 1. The molecule has 0 radical (unpaired) electrons. The van der Waals surface area contributed by atoms with Crippen LogP contribution in [-0.2, 0) is 19.6 Å². The molecule has 0 saturated carbocycles. The Balaban J connectivity index is 0.000000501. The van der Waals surface area contributed by atoms with Crippen LogP contribution in [0.1, 0.15) is 10.4 Å². The number of nitrogens with zero attached hydrogens (tertiary/aromatic N) is 2. The lowest BCUT2D eigenvalue weighted by atomic mass is 10.2. The molecular formula is C19H18Cl2N2O7S. The Morgan fingerprint density at radius 2 is 1.16 bits per heavy atom. The number of benzene rings is 2. The molecule has 0 aromatic heterocycles. The Morgan fingerprint density at radius 3 is 1.58 bits per heavy atom. The van der Waals surface area contributed by atoms with Crippen molar-refractivity contribution in [3.05, 3.63) is 64.1 Å². The van der Waals surface area contributed by atoms with Crippen molar-refractivity contribution in [3.8, 4) is 0 Å². The molecule has 166 valence electrons. The van der Waals surface area contributed by atoms with Crippen LogP contribution in [0.2, 0.25) is 10.0 Å². The Morgan fingerprint density at radius 1 is 0.742 bits per heavy atom.